The Bertz CT molecular complexity index is 1000. The van der Waals surface area contributed by atoms with E-state index in [0.29, 0.717) is 17.2 Å². The summed E-state index contributed by atoms with van der Waals surface area (Å²) in [5, 5.41) is 11.0. The molecule has 4 rings (SSSR count). The molecule has 2 aromatic rings. The van der Waals surface area contributed by atoms with E-state index in [-0.39, 0.29) is 23.3 Å². The van der Waals surface area contributed by atoms with Crippen molar-refractivity contribution in [2.75, 3.05) is 7.11 Å². The largest absolute Gasteiger partial charge is 0.465 e. The zero-order chi connectivity index (χ0) is 24.0. The predicted octanol–water partition coefficient (Wildman–Crippen LogP) is 5.88. The maximum Gasteiger partial charge on any atom is 0.348 e. The second kappa shape index (κ2) is 11.3. The molecule has 0 saturated heterocycles. The van der Waals surface area contributed by atoms with Gasteiger partial charge in [0.1, 0.15) is 10.6 Å². The van der Waals surface area contributed by atoms with Crippen LogP contribution in [0.1, 0.15) is 71.7 Å². The fourth-order valence-corrected chi connectivity index (χ4v) is 6.64. The lowest BCUT2D eigenvalue weighted by Crippen LogP contribution is -2.43. The molecule has 2 saturated carbocycles. The third-order valence-electron chi connectivity index (χ3n) is 7.82. The molecule has 2 heterocycles. The minimum atomic E-state index is -0.406. The van der Waals surface area contributed by atoms with Gasteiger partial charge in [0.05, 0.1) is 25.3 Å². The molecule has 0 spiro atoms. The molecule has 34 heavy (non-hydrogen) atoms. The number of rotatable bonds is 11. The van der Waals surface area contributed by atoms with Gasteiger partial charge in [-0.3, -0.25) is 0 Å². The van der Waals surface area contributed by atoms with Gasteiger partial charge in [0, 0.05) is 23.1 Å². The zero-order valence-corrected chi connectivity index (χ0v) is 20.6. The first-order valence-electron chi connectivity index (χ1n) is 12.3. The molecule has 0 bridgehead atoms. The summed E-state index contributed by atoms with van der Waals surface area (Å²) in [6.07, 6.45) is 16.7. The third kappa shape index (κ3) is 5.61. The van der Waals surface area contributed by atoms with Crippen molar-refractivity contribution in [1.82, 2.24) is 4.98 Å². The van der Waals surface area contributed by atoms with Gasteiger partial charge >= 0.3 is 5.97 Å². The summed E-state index contributed by atoms with van der Waals surface area (Å²) in [6.45, 7) is 7.64. The minimum absolute atomic E-state index is 0.0397. The lowest BCUT2D eigenvalue weighted by Gasteiger charge is -2.45. The third-order valence-corrected chi connectivity index (χ3v) is 8.94. The molecule has 0 aliphatic heterocycles. The predicted molar refractivity (Wildman–Crippen MR) is 131 cm³/mol. The molecule has 182 valence electrons. The van der Waals surface area contributed by atoms with Crippen molar-refractivity contribution in [2.24, 2.45) is 17.3 Å². The minimum Gasteiger partial charge on any atom is -0.465 e. The normalized spacial score (nSPS) is 24.6. The van der Waals surface area contributed by atoms with E-state index in [0.717, 1.165) is 63.5 Å². The van der Waals surface area contributed by atoms with Crippen LogP contribution in [0.2, 0.25) is 0 Å². The number of aliphatic hydroxyl groups is 1. The van der Waals surface area contributed by atoms with Crippen LogP contribution in [0.5, 0.6) is 0 Å². The number of aliphatic hydroxyl groups excluding tert-OH is 1. The van der Waals surface area contributed by atoms with Crippen LogP contribution >= 0.6 is 11.3 Å². The Morgan fingerprint density at radius 2 is 2.29 bits per heavy atom. The second-order valence-electron chi connectivity index (χ2n) is 9.80. The van der Waals surface area contributed by atoms with Crippen LogP contribution in [0.3, 0.4) is 0 Å². The molecule has 0 radical (unpaired) electrons. The summed E-state index contributed by atoms with van der Waals surface area (Å²) in [6, 6.07) is 3.89. The van der Waals surface area contributed by atoms with Crippen molar-refractivity contribution in [3.05, 3.63) is 63.8 Å². The van der Waals surface area contributed by atoms with Crippen molar-refractivity contribution in [3.63, 3.8) is 0 Å². The Labute approximate surface area is 205 Å². The molecule has 7 heteroatoms. The van der Waals surface area contributed by atoms with Gasteiger partial charge in [-0.25, -0.2) is 16.4 Å². The maximum absolute atomic E-state index is 11.7. The quantitative estimate of drug-likeness (QED) is 0.246. The topological polar surface area (TPSA) is 76.9 Å². The monoisotopic (exact) mass is 482 g/mol. The number of aryl methyl sites for hydroxylation is 1. The number of oxazole rings is 1. The van der Waals surface area contributed by atoms with Crippen LogP contribution in [-0.4, -0.2) is 35.3 Å². The van der Waals surface area contributed by atoms with Gasteiger partial charge in [-0.15, -0.1) is 11.3 Å². The number of thiophene rings is 1. The first-order valence-corrected chi connectivity index (χ1v) is 13.1. The van der Waals surface area contributed by atoms with Gasteiger partial charge in [0.25, 0.3) is 0 Å². The average Bonchev–Trinajstić information content (AvgIpc) is 3.57. The van der Waals surface area contributed by atoms with E-state index in [1.807, 2.05) is 12.1 Å². The second-order valence-corrected chi connectivity index (χ2v) is 11.0. The SMILES string of the molecule is [C-]#[N+][C@H]1CC[C@H](CCCc2ccc(C(=O)OC)s2)[C@H]1/C=C/CC(O)C1(Cc2cnco2)CCC1. The lowest BCUT2D eigenvalue weighted by molar-refractivity contribution is -0.0356. The Morgan fingerprint density at radius 3 is 2.97 bits per heavy atom. The van der Waals surface area contributed by atoms with Crippen LogP contribution in [0.4, 0.5) is 0 Å². The Kier molecular flexibility index (Phi) is 8.23. The molecule has 0 amide bonds. The van der Waals surface area contributed by atoms with Crippen molar-refractivity contribution in [2.45, 2.75) is 76.4 Å². The molecule has 2 aliphatic carbocycles. The smallest absolute Gasteiger partial charge is 0.348 e. The maximum atomic E-state index is 11.7. The molecule has 1 N–H and O–H groups in total. The molecule has 2 aromatic heterocycles. The number of aromatic nitrogens is 1. The highest BCUT2D eigenvalue weighted by molar-refractivity contribution is 7.13. The van der Waals surface area contributed by atoms with E-state index in [1.165, 1.54) is 29.7 Å². The number of ether oxygens (including phenoxy) is 1. The Hall–Kier alpha value is -2.43. The van der Waals surface area contributed by atoms with Gasteiger partial charge in [-0.05, 0) is 63.0 Å². The molecular formula is C27H34N2O4S. The van der Waals surface area contributed by atoms with E-state index in [2.05, 4.69) is 22.0 Å². The van der Waals surface area contributed by atoms with E-state index in [1.54, 1.807) is 6.20 Å². The summed E-state index contributed by atoms with van der Waals surface area (Å²) in [5.74, 6) is 1.32. The van der Waals surface area contributed by atoms with E-state index in [4.69, 9.17) is 15.7 Å². The number of carbonyl (C=O) groups excluding carboxylic acids is 1. The van der Waals surface area contributed by atoms with Crippen molar-refractivity contribution < 1.29 is 19.1 Å². The van der Waals surface area contributed by atoms with Crippen molar-refractivity contribution >= 4 is 17.3 Å². The standard InChI is InChI=1S/C27H34N2O4S/c1-28-23-12-10-19(6-3-7-21-11-13-24(34-21)26(31)32-2)22(23)8-4-9-25(30)27(14-5-15-27)16-20-17-29-18-33-20/h4,8,11,13,17-19,22-23,25,30H,3,5-7,9-10,12,14-16H2,2H3/b8-4+/t19-,22+,23-,25?/m0/s1. The van der Waals surface area contributed by atoms with Gasteiger partial charge in [-0.2, -0.15) is 0 Å². The highest BCUT2D eigenvalue weighted by Crippen LogP contribution is 2.48. The number of hydrogen-bond donors (Lipinski definition) is 1. The molecule has 6 nitrogen and oxygen atoms in total. The van der Waals surface area contributed by atoms with Crippen LogP contribution in [-0.2, 0) is 17.6 Å². The van der Waals surface area contributed by atoms with Crippen LogP contribution < -0.4 is 0 Å². The highest BCUT2D eigenvalue weighted by atomic mass is 32.1. The van der Waals surface area contributed by atoms with Gasteiger partial charge in [0.2, 0.25) is 6.04 Å². The van der Waals surface area contributed by atoms with Crippen LogP contribution in [0, 0.1) is 23.8 Å². The first-order chi connectivity index (χ1) is 16.5. The van der Waals surface area contributed by atoms with E-state index in [9.17, 15) is 9.90 Å². The van der Waals surface area contributed by atoms with E-state index >= 15 is 0 Å². The van der Waals surface area contributed by atoms with Crippen LogP contribution in [0.25, 0.3) is 4.85 Å². The van der Waals surface area contributed by atoms with Crippen LogP contribution in [0.15, 0.2) is 41.3 Å². The number of esters is 1. The number of hydrogen-bond acceptors (Lipinski definition) is 6. The fourth-order valence-electron chi connectivity index (χ4n) is 5.67. The number of methoxy groups -OCH3 is 1. The van der Waals surface area contributed by atoms with Crippen molar-refractivity contribution in [1.29, 1.82) is 0 Å². The Morgan fingerprint density at radius 1 is 1.44 bits per heavy atom. The summed E-state index contributed by atoms with van der Waals surface area (Å²) < 4.78 is 10.2. The average molecular weight is 483 g/mol. The highest BCUT2D eigenvalue weighted by Gasteiger charge is 2.44. The van der Waals surface area contributed by atoms with Gasteiger partial charge in [-0.1, -0.05) is 18.6 Å². The summed E-state index contributed by atoms with van der Waals surface area (Å²) in [5.41, 5.74) is -0.109. The fraction of sp³-hybridized carbons (Fsp3) is 0.593. The van der Waals surface area contributed by atoms with Gasteiger partial charge in [0.15, 0.2) is 6.39 Å². The molecule has 1 unspecified atom stereocenters. The summed E-state index contributed by atoms with van der Waals surface area (Å²) in [4.78, 5) is 21.4. The molecular weight excluding hydrogens is 448 g/mol. The van der Waals surface area contributed by atoms with Gasteiger partial charge < -0.3 is 19.1 Å². The molecule has 0 aromatic carbocycles. The summed E-state index contributed by atoms with van der Waals surface area (Å²) >= 11 is 1.51. The molecule has 2 fully saturated rings. The summed E-state index contributed by atoms with van der Waals surface area (Å²) in [7, 11) is 1.41. The Balaban J connectivity index is 1.29. The van der Waals surface area contributed by atoms with Crippen molar-refractivity contribution in [3.8, 4) is 0 Å². The number of nitrogens with zero attached hydrogens (tertiary/aromatic N) is 2. The first kappa shape index (κ1) is 24.7. The lowest BCUT2D eigenvalue weighted by atomic mass is 9.62. The van der Waals surface area contributed by atoms with E-state index < -0.39 is 6.10 Å². The molecule has 2 aliphatic rings. The molecule has 4 atom stereocenters. The zero-order valence-electron chi connectivity index (χ0n) is 19.8. The number of carbonyl (C=O) groups is 1.